The molecule has 27 nitrogen and oxygen atoms in total. The number of aliphatic carboxylic acids is 1. The van der Waals surface area contributed by atoms with Gasteiger partial charge in [0.2, 0.25) is 11.8 Å². The van der Waals surface area contributed by atoms with Crippen LogP contribution in [0.5, 0.6) is 0 Å². The van der Waals surface area contributed by atoms with Gasteiger partial charge < -0.3 is 61.1 Å². The molecule has 0 saturated carbocycles. The Morgan fingerprint density at radius 1 is 1.02 bits per heavy atom. The lowest BCUT2D eigenvalue weighted by Gasteiger charge is -2.30. The molecule has 1 aliphatic rings. The first-order valence-corrected chi connectivity index (χ1v) is 22.1. The molecule has 31 heteroatoms. The van der Waals surface area contributed by atoms with E-state index in [0.717, 1.165) is 29.0 Å². The summed E-state index contributed by atoms with van der Waals surface area (Å²) in [6.45, 7) is 1.29. The summed E-state index contributed by atoms with van der Waals surface area (Å²) >= 11 is 0.771. The Bertz CT molecular complexity index is 1950. The molecule has 2 aromatic rings. The van der Waals surface area contributed by atoms with Crippen molar-refractivity contribution < 1.29 is 95.5 Å². The lowest BCUT2D eigenvalue weighted by Crippen LogP contribution is -2.46. The minimum atomic E-state index is -5.60. The van der Waals surface area contributed by atoms with Gasteiger partial charge >= 0.3 is 29.4 Å². The monoisotopic (exact) mass is 911 g/mol. The maximum Gasteiger partial charge on any atom is 0.481 e. The number of amides is 2. The molecule has 2 unspecified atom stereocenters. The van der Waals surface area contributed by atoms with Crippen molar-refractivity contribution in [2.24, 2.45) is 5.41 Å². The van der Waals surface area contributed by atoms with E-state index in [1.54, 1.807) is 0 Å². The summed E-state index contributed by atoms with van der Waals surface area (Å²) in [5, 5.41) is 44.4. The van der Waals surface area contributed by atoms with Gasteiger partial charge in [0.05, 0.1) is 31.6 Å². The molecule has 3 heterocycles. The fourth-order valence-corrected chi connectivity index (χ4v) is 8.72. The minimum absolute atomic E-state index is 0.0147. The van der Waals surface area contributed by atoms with E-state index >= 15 is 0 Å². The molecule has 1 saturated heterocycles. The third-order valence-electron chi connectivity index (χ3n) is 7.82. The molecule has 2 aromatic heterocycles. The number of phosphoric ester groups is 3. The Labute approximate surface area is 332 Å². The predicted molar refractivity (Wildman–Crippen MR) is 195 cm³/mol. The summed E-state index contributed by atoms with van der Waals surface area (Å²) < 4.78 is 62.0. The van der Waals surface area contributed by atoms with Crippen LogP contribution in [0.2, 0.25) is 0 Å². The second-order valence-corrected chi connectivity index (χ2v) is 18.9. The molecule has 2 amide bonds. The zero-order valence-electron chi connectivity index (χ0n) is 30.8. The van der Waals surface area contributed by atoms with Crippen LogP contribution in [0.25, 0.3) is 11.2 Å². The molecule has 8 atom stereocenters. The van der Waals surface area contributed by atoms with Gasteiger partial charge in [0.25, 0.3) is 0 Å². The maximum atomic E-state index is 12.7. The van der Waals surface area contributed by atoms with Crippen molar-refractivity contribution in [2.75, 3.05) is 37.8 Å². The number of anilines is 1. The maximum absolute atomic E-state index is 12.7. The van der Waals surface area contributed by atoms with Gasteiger partial charge in [0.15, 0.2) is 22.8 Å². The van der Waals surface area contributed by atoms with Gasteiger partial charge in [-0.2, -0.15) is 4.31 Å². The number of aliphatic hydroxyl groups excluding tert-OH is 2. The second-order valence-electron chi connectivity index (χ2n) is 13.5. The lowest BCUT2D eigenvalue weighted by molar-refractivity contribution is -0.142. The summed E-state index contributed by atoms with van der Waals surface area (Å²) in [4.78, 5) is 98.2. The number of nitrogens with one attached hydrogen (secondary N) is 2. The van der Waals surface area contributed by atoms with E-state index in [0.29, 0.717) is 0 Å². The number of nitrogens with zero attached hydrogens (tertiary/aromatic N) is 4. The molecule has 0 spiro atoms. The molecule has 1 aliphatic heterocycles. The Kier molecular flexibility index (Phi) is 17.0. The summed E-state index contributed by atoms with van der Waals surface area (Å²) in [5.41, 5.74) is 2.44. The molecule has 1 fully saturated rings. The first-order valence-electron chi connectivity index (χ1n) is 16.6. The summed E-state index contributed by atoms with van der Waals surface area (Å²) in [5.74, 6) is -2.81. The van der Waals surface area contributed by atoms with Gasteiger partial charge in [0.1, 0.15) is 36.3 Å². The molecule has 0 radical (unpaired) electrons. The Morgan fingerprint density at radius 3 is 2.31 bits per heavy atom. The van der Waals surface area contributed by atoms with Gasteiger partial charge in [-0.3, -0.25) is 37.3 Å². The van der Waals surface area contributed by atoms with Gasteiger partial charge in [-0.25, -0.2) is 28.6 Å². The van der Waals surface area contributed by atoms with Crippen LogP contribution in [0.1, 0.15) is 46.3 Å². The predicted octanol–water partition coefficient (Wildman–Crippen LogP) is -1.72. The van der Waals surface area contributed by atoms with Crippen LogP contribution >= 0.6 is 35.2 Å². The van der Waals surface area contributed by atoms with Crippen molar-refractivity contribution in [3.05, 3.63) is 12.7 Å². The number of carboxylic acid groups (broad SMARTS) is 1. The van der Waals surface area contributed by atoms with Crippen molar-refractivity contribution in [1.82, 2.24) is 30.2 Å². The number of carbonyl (C=O) groups excluding carboxylic acids is 3. The van der Waals surface area contributed by atoms with Crippen molar-refractivity contribution in [2.45, 2.75) is 76.3 Å². The smallest absolute Gasteiger partial charge is 0.481 e. The molecule has 0 aliphatic carbocycles. The van der Waals surface area contributed by atoms with E-state index in [2.05, 4.69) is 34.4 Å². The lowest BCUT2D eigenvalue weighted by atomic mass is 9.87. The fourth-order valence-electron chi connectivity index (χ4n) is 5.05. The zero-order valence-corrected chi connectivity index (χ0v) is 34.3. The number of hydrogen-bond acceptors (Lipinski definition) is 20. The third kappa shape index (κ3) is 15.2. The van der Waals surface area contributed by atoms with Crippen LogP contribution in [0.4, 0.5) is 5.82 Å². The normalized spacial score (nSPS) is 22.4. The van der Waals surface area contributed by atoms with Crippen LogP contribution in [0.15, 0.2) is 12.7 Å². The molecular formula is C27H44N7O20P3S. The average molecular weight is 912 g/mol. The van der Waals surface area contributed by atoms with Gasteiger partial charge in [-0.1, -0.05) is 25.6 Å². The van der Waals surface area contributed by atoms with E-state index in [9.17, 15) is 67.8 Å². The third-order valence-corrected chi connectivity index (χ3v) is 11.8. The van der Waals surface area contributed by atoms with E-state index < -0.39 is 114 Å². The van der Waals surface area contributed by atoms with Crippen molar-refractivity contribution in [1.29, 1.82) is 0 Å². The average Bonchev–Trinajstić information content (AvgIpc) is 3.63. The Balaban J connectivity index is 1.47. The first kappa shape index (κ1) is 49.4. The largest absolute Gasteiger partial charge is 0.481 e. The summed E-state index contributed by atoms with van der Waals surface area (Å²) in [6, 6.07) is 0. The van der Waals surface area contributed by atoms with Crippen LogP contribution in [-0.4, -0.2) is 144 Å². The van der Waals surface area contributed by atoms with Gasteiger partial charge in [-0.15, -0.1) is 0 Å². The molecule has 3 rings (SSSR count). The van der Waals surface area contributed by atoms with Gasteiger partial charge in [0, 0.05) is 37.1 Å². The van der Waals surface area contributed by atoms with Crippen molar-refractivity contribution >= 4 is 75.1 Å². The number of thioether (sulfide) groups is 1. The zero-order chi connectivity index (χ0) is 43.9. The number of aromatic nitrogens is 4. The number of ether oxygens (including phenoxy) is 1. The van der Waals surface area contributed by atoms with E-state index in [1.165, 1.54) is 20.8 Å². The van der Waals surface area contributed by atoms with Crippen LogP contribution in [-0.2, 0) is 55.5 Å². The van der Waals surface area contributed by atoms with E-state index in [1.807, 2.05) is 0 Å². The highest BCUT2D eigenvalue weighted by Gasteiger charge is 2.50. The number of phosphoric acid groups is 3. The highest BCUT2D eigenvalue weighted by Crippen LogP contribution is 2.61. The fraction of sp³-hybridized carbons (Fsp3) is 0.667. The summed E-state index contributed by atoms with van der Waals surface area (Å²) in [7, 11) is -16.5. The van der Waals surface area contributed by atoms with E-state index in [4.69, 9.17) is 24.6 Å². The topological polar surface area (TPSA) is 421 Å². The molecule has 58 heavy (non-hydrogen) atoms. The number of carbonyl (C=O) groups is 4. The first-order chi connectivity index (χ1) is 26.6. The number of imidazole rings is 1. The van der Waals surface area contributed by atoms with Crippen LogP contribution < -0.4 is 16.4 Å². The number of nitrogen functional groups attached to an aromatic ring is 1. The highest BCUT2D eigenvalue weighted by atomic mass is 32.2. The highest BCUT2D eigenvalue weighted by molar-refractivity contribution is 8.13. The Morgan fingerprint density at radius 2 is 1.67 bits per heavy atom. The number of nitrogens with two attached hydrogens (primary N) is 1. The number of carboxylic acids is 1. The van der Waals surface area contributed by atoms with E-state index in [-0.39, 0.29) is 42.2 Å². The van der Waals surface area contributed by atoms with Crippen LogP contribution in [0, 0.1) is 5.41 Å². The molecule has 0 aromatic carbocycles. The summed E-state index contributed by atoms with van der Waals surface area (Å²) in [6.07, 6.45) is -8.22. The molecule has 12 N–H and O–H groups in total. The van der Waals surface area contributed by atoms with Gasteiger partial charge in [-0.05, 0) is 6.92 Å². The second kappa shape index (κ2) is 20.0. The number of rotatable bonds is 23. The SMILES string of the molecule is CC(C)(COP(=O)(O)OP(=O)(O)OC[C@@H]1O[C@@H](n2cnc3c(N)ncnc32)[C@H](O)[C@H]1OP(=O)(O)O)[C@H](O)C(=O)NCCC(=O)NCCSC(=O)C[C@@](C)(O)CC(=O)O. The quantitative estimate of drug-likeness (QED) is 0.0436. The Hall–Kier alpha value is -3.01. The molecule has 0 bridgehead atoms. The van der Waals surface area contributed by atoms with Crippen molar-refractivity contribution in [3.63, 3.8) is 0 Å². The number of fused-ring (bicyclic) bond motifs is 1. The molecular weight excluding hydrogens is 867 g/mol. The number of aliphatic hydroxyl groups is 3. The van der Waals surface area contributed by atoms with Crippen molar-refractivity contribution in [3.8, 4) is 0 Å². The molecule has 328 valence electrons. The standard InChI is InChI=1S/C27H44N7O20P3S/c1-26(2,21(40)24(41)30-5-4-15(35)29-6-7-58-17(38)9-27(3,42)8-16(36)37)11-51-57(48,49)54-56(46,47)50-10-14-20(53-55(43,44)45)19(39)25(52-14)34-13-33-18-22(28)31-12-32-23(18)34/h12-14,19-21,25,39-40,42H,4-11H2,1-3H3,(H,29,35)(H,30,41)(H,36,37)(H,46,47)(H,48,49)(H2,28,31,32)(H2,43,44,45)/t14-,19+,20-,21+,25+,27-/m0/s1. The minimum Gasteiger partial charge on any atom is -0.481 e. The number of hydrogen-bond donors (Lipinski definition) is 11. The van der Waals surface area contributed by atoms with Crippen LogP contribution in [0.3, 0.4) is 0 Å².